The number of nitrogen functional groups attached to an aromatic ring is 1. The molecule has 2 aromatic heterocycles. The second kappa shape index (κ2) is 5.70. The molecule has 0 spiro atoms. The van der Waals surface area contributed by atoms with Crippen molar-refractivity contribution in [3.8, 4) is 0 Å². The minimum absolute atomic E-state index is 0.214. The molecule has 2 aromatic rings. The average Bonchev–Trinajstić information content (AvgIpc) is 3.02. The number of nitrogens with zero attached hydrogens (tertiary/aromatic N) is 4. The molecule has 0 radical (unpaired) electrons. The van der Waals surface area contributed by atoms with E-state index in [9.17, 15) is 15.3 Å². The van der Waals surface area contributed by atoms with Gasteiger partial charge in [-0.05, 0) is 6.42 Å². The van der Waals surface area contributed by atoms with Crippen LogP contribution in [0.4, 0.5) is 5.82 Å². The van der Waals surface area contributed by atoms with Crippen molar-refractivity contribution in [3.63, 3.8) is 0 Å². The maximum Gasteiger partial charge on any atom is 0.167 e. The number of alkyl halides is 1. The normalized spacial score (nSPS) is 31.9. The molecule has 3 heterocycles. The molecule has 0 saturated carbocycles. The summed E-state index contributed by atoms with van der Waals surface area (Å²) in [6.45, 7) is -0.416. The second-order valence-electron chi connectivity index (χ2n) is 5.16. The van der Waals surface area contributed by atoms with E-state index in [4.69, 9.17) is 10.5 Å². The molecule has 22 heavy (non-hydrogen) atoms. The van der Waals surface area contributed by atoms with E-state index in [0.717, 1.165) is 0 Å². The van der Waals surface area contributed by atoms with E-state index >= 15 is 0 Å². The van der Waals surface area contributed by atoms with Crippen LogP contribution in [0.1, 0.15) is 12.6 Å². The number of hydrogen-bond acceptors (Lipinski definition) is 8. The molecule has 1 saturated heterocycles. The quantitative estimate of drug-likeness (QED) is 0.509. The number of aliphatic hydroxyl groups is 3. The third-order valence-electron chi connectivity index (χ3n) is 3.97. The Labute approximate surface area is 133 Å². The lowest BCUT2D eigenvalue weighted by Gasteiger charge is -2.29. The molecule has 4 atom stereocenters. The second-order valence-corrected chi connectivity index (χ2v) is 5.95. The molecule has 0 bridgehead atoms. The highest BCUT2D eigenvalue weighted by Crippen LogP contribution is 2.40. The van der Waals surface area contributed by atoms with Gasteiger partial charge in [0.05, 0.1) is 12.9 Å². The largest absolute Gasteiger partial charge is 0.394 e. The summed E-state index contributed by atoms with van der Waals surface area (Å²) in [5.41, 5.74) is 4.93. The fraction of sp³-hybridized carbons (Fsp3) is 0.583. The van der Waals surface area contributed by atoms with E-state index in [1.807, 2.05) is 0 Å². The third-order valence-corrected chi connectivity index (χ3v) is 4.36. The van der Waals surface area contributed by atoms with Gasteiger partial charge in [-0.1, -0.05) is 15.9 Å². The lowest BCUT2D eigenvalue weighted by Crippen LogP contribution is -2.49. The number of anilines is 1. The van der Waals surface area contributed by atoms with Crippen LogP contribution in [0.15, 0.2) is 12.7 Å². The van der Waals surface area contributed by atoms with E-state index in [1.165, 1.54) is 17.2 Å². The van der Waals surface area contributed by atoms with Crippen LogP contribution in [0.2, 0.25) is 0 Å². The van der Waals surface area contributed by atoms with Crippen LogP contribution in [0.3, 0.4) is 0 Å². The zero-order valence-corrected chi connectivity index (χ0v) is 13.1. The van der Waals surface area contributed by atoms with Gasteiger partial charge in [0, 0.05) is 5.33 Å². The first-order valence-corrected chi connectivity index (χ1v) is 7.80. The Hall–Kier alpha value is -1.33. The number of fused-ring (bicyclic) bond motifs is 1. The van der Waals surface area contributed by atoms with E-state index in [1.54, 1.807) is 0 Å². The van der Waals surface area contributed by atoms with E-state index in [2.05, 4.69) is 30.9 Å². The van der Waals surface area contributed by atoms with Crippen LogP contribution in [-0.2, 0) is 4.74 Å². The molecule has 120 valence electrons. The van der Waals surface area contributed by atoms with Crippen LogP contribution in [0.25, 0.3) is 11.2 Å². The van der Waals surface area contributed by atoms with Gasteiger partial charge in [0.1, 0.15) is 29.7 Å². The van der Waals surface area contributed by atoms with Gasteiger partial charge in [-0.2, -0.15) is 0 Å². The van der Waals surface area contributed by atoms with Crippen molar-refractivity contribution < 1.29 is 20.1 Å². The van der Waals surface area contributed by atoms with E-state index in [-0.39, 0.29) is 12.2 Å². The van der Waals surface area contributed by atoms with Gasteiger partial charge in [-0.25, -0.2) is 15.0 Å². The molecule has 0 unspecified atom stereocenters. The summed E-state index contributed by atoms with van der Waals surface area (Å²) in [5, 5.41) is 31.1. The summed E-state index contributed by atoms with van der Waals surface area (Å²) in [6.07, 6.45) is -0.180. The van der Waals surface area contributed by atoms with Crippen LogP contribution < -0.4 is 5.73 Å². The minimum atomic E-state index is -1.57. The Morgan fingerprint density at radius 2 is 2.18 bits per heavy atom. The maximum atomic E-state index is 10.7. The number of halogens is 1. The summed E-state index contributed by atoms with van der Waals surface area (Å²) in [6, 6.07) is 0. The predicted octanol–water partition coefficient (Wildman–Crippen LogP) is -0.825. The summed E-state index contributed by atoms with van der Waals surface area (Å²) < 4.78 is 7.11. The van der Waals surface area contributed by atoms with Gasteiger partial charge >= 0.3 is 0 Å². The van der Waals surface area contributed by atoms with Crippen molar-refractivity contribution in [1.29, 1.82) is 0 Å². The number of rotatable bonds is 4. The Kier molecular flexibility index (Phi) is 4.03. The van der Waals surface area contributed by atoms with Gasteiger partial charge < -0.3 is 25.8 Å². The molecule has 0 aliphatic carbocycles. The smallest absolute Gasteiger partial charge is 0.167 e. The molecular formula is C12H16BrN5O4. The van der Waals surface area contributed by atoms with E-state index in [0.29, 0.717) is 16.5 Å². The number of aromatic nitrogens is 4. The Morgan fingerprint density at radius 1 is 1.41 bits per heavy atom. The van der Waals surface area contributed by atoms with Gasteiger partial charge in [0.15, 0.2) is 17.7 Å². The van der Waals surface area contributed by atoms with Crippen molar-refractivity contribution in [2.24, 2.45) is 0 Å². The van der Waals surface area contributed by atoms with Crippen LogP contribution in [0, 0.1) is 0 Å². The van der Waals surface area contributed by atoms with Crippen molar-refractivity contribution >= 4 is 32.9 Å². The number of nitrogens with two attached hydrogens (primary N) is 1. The lowest BCUT2D eigenvalue weighted by atomic mass is 9.89. The molecule has 0 aromatic carbocycles. The van der Waals surface area contributed by atoms with Crippen LogP contribution >= 0.6 is 15.9 Å². The molecule has 9 nitrogen and oxygen atoms in total. The van der Waals surface area contributed by atoms with Crippen molar-refractivity contribution in [3.05, 3.63) is 12.7 Å². The fourth-order valence-electron chi connectivity index (χ4n) is 2.73. The molecule has 1 aliphatic rings. The van der Waals surface area contributed by atoms with Crippen LogP contribution in [0.5, 0.6) is 0 Å². The zero-order chi connectivity index (χ0) is 15.9. The first-order valence-electron chi connectivity index (χ1n) is 6.68. The Bertz CT molecular complexity index is 683. The monoisotopic (exact) mass is 373 g/mol. The third kappa shape index (κ3) is 2.18. The maximum absolute atomic E-state index is 10.7. The van der Waals surface area contributed by atoms with Crippen molar-refractivity contribution in [2.45, 2.75) is 30.5 Å². The number of aliphatic hydroxyl groups excluding tert-OH is 2. The highest BCUT2D eigenvalue weighted by Gasteiger charge is 2.55. The topological polar surface area (TPSA) is 140 Å². The average molecular weight is 374 g/mol. The Morgan fingerprint density at radius 3 is 2.86 bits per heavy atom. The Balaban J connectivity index is 2.03. The fourth-order valence-corrected chi connectivity index (χ4v) is 3.37. The lowest BCUT2D eigenvalue weighted by molar-refractivity contribution is -0.0936. The SMILES string of the molecule is Nc1ncnc2c1ncn2[C@@H]1O[C@H](CO)[C@](O)(CCBr)[C@H]1O. The van der Waals surface area contributed by atoms with Gasteiger partial charge in [-0.15, -0.1) is 0 Å². The summed E-state index contributed by atoms with van der Waals surface area (Å²) in [5.74, 6) is 0.214. The molecular weight excluding hydrogens is 358 g/mol. The highest BCUT2D eigenvalue weighted by atomic mass is 79.9. The predicted molar refractivity (Wildman–Crippen MR) is 80.1 cm³/mol. The molecule has 0 amide bonds. The summed E-state index contributed by atoms with van der Waals surface area (Å²) >= 11 is 3.23. The van der Waals surface area contributed by atoms with E-state index < -0.39 is 30.6 Å². The highest BCUT2D eigenvalue weighted by molar-refractivity contribution is 9.09. The van der Waals surface area contributed by atoms with Gasteiger partial charge in [0.25, 0.3) is 0 Å². The summed E-state index contributed by atoms with van der Waals surface area (Å²) in [7, 11) is 0. The first kappa shape index (κ1) is 15.6. The molecule has 3 rings (SSSR count). The van der Waals surface area contributed by atoms with Gasteiger partial charge in [-0.3, -0.25) is 4.57 Å². The number of ether oxygens (including phenoxy) is 1. The number of imidazole rings is 1. The molecule has 5 N–H and O–H groups in total. The summed E-state index contributed by atoms with van der Waals surface area (Å²) in [4.78, 5) is 12.0. The molecule has 10 heteroatoms. The van der Waals surface area contributed by atoms with Crippen LogP contribution in [-0.4, -0.2) is 64.6 Å². The minimum Gasteiger partial charge on any atom is -0.394 e. The standard InChI is InChI=1S/C12H16BrN5O4/c13-2-1-12(21)6(3-19)22-11(8(12)20)18-5-17-7-9(14)15-4-16-10(7)18/h4-6,8,11,19-21H,1-3H2,(H2,14,15,16)/t6-,8+,11-,12-/m1/s1. The first-order chi connectivity index (χ1) is 10.5. The van der Waals surface area contributed by atoms with Crippen molar-refractivity contribution in [1.82, 2.24) is 19.5 Å². The number of hydrogen-bond donors (Lipinski definition) is 4. The van der Waals surface area contributed by atoms with Gasteiger partial charge in [0.2, 0.25) is 0 Å². The zero-order valence-electron chi connectivity index (χ0n) is 11.5. The molecule has 1 fully saturated rings. The molecule has 1 aliphatic heterocycles. The van der Waals surface area contributed by atoms with Crippen molar-refractivity contribution in [2.75, 3.05) is 17.7 Å².